The highest BCUT2D eigenvalue weighted by Crippen LogP contribution is 2.21. The Balaban J connectivity index is 2.03. The van der Waals surface area contributed by atoms with Crippen LogP contribution in [0.3, 0.4) is 0 Å². The molecule has 6 N–H and O–H groups in total. The number of nitrogens with two attached hydrogens (primary N) is 1. The lowest BCUT2D eigenvalue weighted by atomic mass is 10.1. The summed E-state index contributed by atoms with van der Waals surface area (Å²) in [7, 11) is 0. The van der Waals surface area contributed by atoms with Gasteiger partial charge in [-0.3, -0.25) is 14.4 Å². The molecule has 2 aliphatic rings. The highest BCUT2D eigenvalue weighted by molar-refractivity contribution is 7.98. The summed E-state index contributed by atoms with van der Waals surface area (Å²) in [5.41, 5.74) is 5.56. The lowest BCUT2D eigenvalue weighted by Gasteiger charge is -2.28. The van der Waals surface area contributed by atoms with Crippen LogP contribution in [0.2, 0.25) is 0 Å². The largest absolute Gasteiger partial charge is 0.480 e. The third-order valence-electron chi connectivity index (χ3n) is 6.00. The molecule has 0 aliphatic carbocycles. The lowest BCUT2D eigenvalue weighted by Crippen LogP contribution is -2.56. The predicted molar refractivity (Wildman–Crippen MR) is 123 cm³/mol. The Morgan fingerprint density at radius 1 is 1.12 bits per heavy atom. The molecule has 2 heterocycles. The molecule has 10 nitrogen and oxygen atoms in total. The molecule has 0 spiro atoms. The zero-order valence-electron chi connectivity index (χ0n) is 18.8. The number of thioether (sulfide) groups is 1. The van der Waals surface area contributed by atoms with E-state index >= 15 is 0 Å². The van der Waals surface area contributed by atoms with E-state index in [9.17, 15) is 24.3 Å². The fourth-order valence-corrected chi connectivity index (χ4v) is 4.66. The van der Waals surface area contributed by atoms with Crippen LogP contribution in [0.15, 0.2) is 0 Å². The first-order chi connectivity index (χ1) is 15.4. The highest BCUT2D eigenvalue weighted by atomic mass is 32.2. The van der Waals surface area contributed by atoms with Gasteiger partial charge in [0.25, 0.3) is 0 Å². The Morgan fingerprint density at radius 2 is 1.91 bits per heavy atom. The van der Waals surface area contributed by atoms with Crippen molar-refractivity contribution in [1.29, 1.82) is 0 Å². The van der Waals surface area contributed by atoms with Gasteiger partial charge in [0.05, 0.1) is 6.04 Å². The Kier molecular flexibility index (Phi) is 11.3. The quantitative estimate of drug-likeness (QED) is 0.229. The van der Waals surface area contributed by atoms with Crippen molar-refractivity contribution < 1.29 is 24.3 Å². The maximum absolute atomic E-state index is 13.1. The minimum Gasteiger partial charge on any atom is -0.480 e. The summed E-state index contributed by atoms with van der Waals surface area (Å²) in [5, 5.41) is 18.0. The molecule has 11 heteroatoms. The molecule has 2 saturated heterocycles. The molecule has 4 atom stereocenters. The van der Waals surface area contributed by atoms with Gasteiger partial charge in [0.1, 0.15) is 18.1 Å². The second kappa shape index (κ2) is 13.6. The van der Waals surface area contributed by atoms with E-state index in [2.05, 4.69) is 16.0 Å². The Labute approximate surface area is 193 Å². The number of hydrogen-bond donors (Lipinski definition) is 5. The molecule has 2 aliphatic heterocycles. The van der Waals surface area contributed by atoms with Gasteiger partial charge < -0.3 is 31.7 Å². The van der Waals surface area contributed by atoms with Crippen molar-refractivity contribution in [2.45, 2.75) is 75.5 Å². The second-order valence-corrected chi connectivity index (χ2v) is 9.35. The molecule has 0 aromatic carbocycles. The van der Waals surface area contributed by atoms with Crippen molar-refractivity contribution in [3.63, 3.8) is 0 Å². The molecule has 0 aromatic heterocycles. The zero-order valence-corrected chi connectivity index (χ0v) is 19.6. The predicted octanol–water partition coefficient (Wildman–Crippen LogP) is -0.334. The molecule has 32 heavy (non-hydrogen) atoms. The van der Waals surface area contributed by atoms with Gasteiger partial charge >= 0.3 is 5.97 Å². The maximum atomic E-state index is 13.1. The summed E-state index contributed by atoms with van der Waals surface area (Å²) in [4.78, 5) is 51.9. The van der Waals surface area contributed by atoms with Crippen molar-refractivity contribution in [2.75, 3.05) is 31.6 Å². The summed E-state index contributed by atoms with van der Waals surface area (Å²) >= 11 is 1.50. The Morgan fingerprint density at radius 3 is 2.53 bits per heavy atom. The van der Waals surface area contributed by atoms with Crippen LogP contribution in [0.4, 0.5) is 0 Å². The van der Waals surface area contributed by atoms with E-state index in [1.165, 1.54) is 11.8 Å². The minimum absolute atomic E-state index is 0.0627. The van der Waals surface area contributed by atoms with Gasteiger partial charge in [-0.15, -0.1) is 0 Å². The van der Waals surface area contributed by atoms with Crippen LogP contribution in [0.1, 0.15) is 51.4 Å². The monoisotopic (exact) mass is 471 g/mol. The van der Waals surface area contributed by atoms with Gasteiger partial charge in [0.15, 0.2) is 0 Å². The summed E-state index contributed by atoms with van der Waals surface area (Å²) in [6.07, 6.45) is 6.81. The summed E-state index contributed by atoms with van der Waals surface area (Å²) in [5.74, 6) is -1.45. The van der Waals surface area contributed by atoms with E-state index in [1.54, 1.807) is 4.90 Å². The number of carbonyl (C=O) groups is 4. The Hall–Kier alpha value is -1.85. The number of carboxylic acids is 1. The first kappa shape index (κ1) is 26.4. The second-order valence-electron chi connectivity index (χ2n) is 8.37. The number of unbranched alkanes of at least 4 members (excludes halogenated alkanes) is 1. The van der Waals surface area contributed by atoms with Gasteiger partial charge in [-0.2, -0.15) is 11.8 Å². The van der Waals surface area contributed by atoms with E-state index in [-0.39, 0.29) is 17.9 Å². The molecule has 2 rings (SSSR count). The smallest absolute Gasteiger partial charge is 0.326 e. The third kappa shape index (κ3) is 7.63. The number of nitrogens with zero attached hydrogens (tertiary/aromatic N) is 1. The number of hydrogen-bond acceptors (Lipinski definition) is 7. The molecule has 4 unspecified atom stereocenters. The third-order valence-corrected chi connectivity index (χ3v) is 6.65. The van der Waals surface area contributed by atoms with Crippen LogP contribution in [0.5, 0.6) is 0 Å². The standard InChI is InChI=1S/C21H37N5O5S/c1-32-13-9-16(21(30)31)25-18(27)14(6-2-3-10-22)24-19(28)17-8-5-12-26(17)20(29)15-7-4-11-23-15/h14-17,23H,2-13,22H2,1H3,(H,24,28)(H,25,27)(H,30,31). The molecule has 0 radical (unpaired) electrons. The van der Waals surface area contributed by atoms with Crippen molar-refractivity contribution in [3.05, 3.63) is 0 Å². The van der Waals surface area contributed by atoms with Gasteiger partial charge in [-0.25, -0.2) is 4.79 Å². The van der Waals surface area contributed by atoms with Crippen molar-refractivity contribution >= 4 is 35.5 Å². The molecule has 0 saturated carbocycles. The molecule has 3 amide bonds. The van der Waals surface area contributed by atoms with Crippen LogP contribution >= 0.6 is 11.8 Å². The van der Waals surface area contributed by atoms with Gasteiger partial charge in [-0.05, 0) is 76.5 Å². The first-order valence-electron chi connectivity index (χ1n) is 11.5. The van der Waals surface area contributed by atoms with Crippen molar-refractivity contribution in [3.8, 4) is 0 Å². The van der Waals surface area contributed by atoms with Crippen LogP contribution < -0.4 is 21.7 Å². The van der Waals surface area contributed by atoms with E-state index < -0.39 is 30.0 Å². The lowest BCUT2D eigenvalue weighted by molar-refractivity contribution is -0.143. The average molecular weight is 472 g/mol. The minimum atomic E-state index is -1.10. The number of likely N-dealkylation sites (tertiary alicyclic amines) is 1. The van der Waals surface area contributed by atoms with Crippen LogP contribution in [-0.2, 0) is 19.2 Å². The SMILES string of the molecule is CSCCC(NC(=O)C(CCCCN)NC(=O)C1CCCN1C(=O)C1CCCN1)C(=O)O. The molecular formula is C21H37N5O5S. The summed E-state index contributed by atoms with van der Waals surface area (Å²) < 4.78 is 0. The highest BCUT2D eigenvalue weighted by Gasteiger charge is 2.39. The van der Waals surface area contributed by atoms with E-state index in [0.29, 0.717) is 50.9 Å². The zero-order chi connectivity index (χ0) is 23.5. The first-order valence-corrected chi connectivity index (χ1v) is 12.8. The normalized spacial score (nSPS) is 22.4. The number of amides is 3. The summed E-state index contributed by atoms with van der Waals surface area (Å²) in [6, 6.07) is -2.74. The van der Waals surface area contributed by atoms with Gasteiger partial charge in [0, 0.05) is 6.54 Å². The van der Waals surface area contributed by atoms with Crippen molar-refractivity contribution in [2.24, 2.45) is 5.73 Å². The van der Waals surface area contributed by atoms with Crippen LogP contribution in [0, 0.1) is 0 Å². The van der Waals surface area contributed by atoms with Crippen LogP contribution in [-0.4, -0.2) is 89.5 Å². The van der Waals surface area contributed by atoms with E-state index in [0.717, 1.165) is 25.8 Å². The average Bonchev–Trinajstić information content (AvgIpc) is 3.47. The topological polar surface area (TPSA) is 154 Å². The number of carbonyl (C=O) groups excluding carboxylic acids is 3. The maximum Gasteiger partial charge on any atom is 0.326 e. The molecule has 2 fully saturated rings. The molecule has 182 valence electrons. The fraction of sp³-hybridized carbons (Fsp3) is 0.810. The van der Waals surface area contributed by atoms with Gasteiger partial charge in [-0.1, -0.05) is 0 Å². The Bertz CT molecular complexity index is 658. The number of aliphatic carboxylic acids is 1. The number of rotatable bonds is 13. The number of nitrogens with one attached hydrogen (secondary N) is 3. The molecule has 0 bridgehead atoms. The van der Waals surface area contributed by atoms with Crippen LogP contribution in [0.25, 0.3) is 0 Å². The molecule has 0 aromatic rings. The van der Waals surface area contributed by atoms with E-state index in [4.69, 9.17) is 5.73 Å². The number of carboxylic acid groups (broad SMARTS) is 1. The van der Waals surface area contributed by atoms with E-state index in [1.807, 2.05) is 6.26 Å². The van der Waals surface area contributed by atoms with Crippen molar-refractivity contribution in [1.82, 2.24) is 20.9 Å². The molecular weight excluding hydrogens is 434 g/mol. The fourth-order valence-electron chi connectivity index (χ4n) is 4.19. The summed E-state index contributed by atoms with van der Waals surface area (Å²) in [6.45, 7) is 1.79. The van der Waals surface area contributed by atoms with Gasteiger partial charge in [0.2, 0.25) is 17.7 Å².